The number of amides is 2. The number of urea groups is 1. The SMILES string of the molecule is CCc1ccc(CNC(=O)NC(C)CCC(=O)O)s1. The molecule has 3 N–H and O–H groups in total. The summed E-state index contributed by atoms with van der Waals surface area (Å²) in [4.78, 5) is 24.4. The van der Waals surface area contributed by atoms with Gasteiger partial charge in [0.05, 0.1) is 6.54 Å². The molecule has 0 saturated carbocycles. The summed E-state index contributed by atoms with van der Waals surface area (Å²) < 4.78 is 0. The van der Waals surface area contributed by atoms with Crippen LogP contribution in [0.4, 0.5) is 4.79 Å². The first-order chi connectivity index (χ1) is 9.01. The van der Waals surface area contributed by atoms with E-state index in [0.717, 1.165) is 11.3 Å². The normalized spacial score (nSPS) is 11.9. The predicted molar refractivity (Wildman–Crippen MR) is 75.4 cm³/mol. The van der Waals surface area contributed by atoms with E-state index in [1.165, 1.54) is 4.88 Å². The minimum absolute atomic E-state index is 0.0617. The largest absolute Gasteiger partial charge is 0.481 e. The summed E-state index contributed by atoms with van der Waals surface area (Å²) in [5.74, 6) is -0.847. The molecule has 1 aromatic heterocycles. The fraction of sp³-hybridized carbons (Fsp3) is 0.538. The van der Waals surface area contributed by atoms with Crippen molar-refractivity contribution in [3.05, 3.63) is 21.9 Å². The van der Waals surface area contributed by atoms with Crippen molar-refractivity contribution in [2.45, 2.75) is 45.7 Å². The molecule has 6 heteroatoms. The van der Waals surface area contributed by atoms with Crippen molar-refractivity contribution in [1.29, 1.82) is 0 Å². The van der Waals surface area contributed by atoms with Crippen LogP contribution in [0.2, 0.25) is 0 Å². The van der Waals surface area contributed by atoms with Gasteiger partial charge in [-0.3, -0.25) is 4.79 Å². The highest BCUT2D eigenvalue weighted by molar-refractivity contribution is 7.11. The van der Waals surface area contributed by atoms with E-state index in [1.807, 2.05) is 6.07 Å². The highest BCUT2D eigenvalue weighted by atomic mass is 32.1. The monoisotopic (exact) mass is 284 g/mol. The summed E-state index contributed by atoms with van der Waals surface area (Å²) in [6, 6.07) is 3.67. The van der Waals surface area contributed by atoms with Crippen molar-refractivity contribution in [3.8, 4) is 0 Å². The fourth-order valence-corrected chi connectivity index (χ4v) is 2.46. The highest BCUT2D eigenvalue weighted by Crippen LogP contribution is 2.16. The molecular formula is C13H20N2O3S. The zero-order valence-corrected chi connectivity index (χ0v) is 12.0. The molecule has 0 aromatic carbocycles. The van der Waals surface area contributed by atoms with Gasteiger partial charge in [0.1, 0.15) is 0 Å². The molecule has 1 atom stereocenters. The average molecular weight is 284 g/mol. The standard InChI is InChI=1S/C13H20N2O3S/c1-3-10-5-6-11(19-10)8-14-13(18)15-9(2)4-7-12(16)17/h5-6,9H,3-4,7-8H2,1-2H3,(H,16,17)(H2,14,15,18). The van der Waals surface area contributed by atoms with Gasteiger partial charge in [0.15, 0.2) is 0 Å². The maximum atomic E-state index is 11.6. The minimum atomic E-state index is -0.847. The number of thiophene rings is 1. The Hall–Kier alpha value is -1.56. The zero-order valence-electron chi connectivity index (χ0n) is 11.2. The van der Waals surface area contributed by atoms with Crippen LogP contribution < -0.4 is 10.6 Å². The lowest BCUT2D eigenvalue weighted by Crippen LogP contribution is -2.40. The predicted octanol–water partition coefficient (Wildman–Crippen LogP) is 2.36. The smallest absolute Gasteiger partial charge is 0.315 e. The first-order valence-corrected chi connectivity index (χ1v) is 7.16. The molecule has 0 radical (unpaired) electrons. The van der Waals surface area contributed by atoms with E-state index in [-0.39, 0.29) is 18.5 Å². The summed E-state index contributed by atoms with van der Waals surface area (Å²) in [5, 5.41) is 14.0. The lowest BCUT2D eigenvalue weighted by atomic mass is 10.2. The van der Waals surface area contributed by atoms with Crippen molar-refractivity contribution < 1.29 is 14.7 Å². The Morgan fingerprint density at radius 1 is 1.37 bits per heavy atom. The summed E-state index contributed by atoms with van der Waals surface area (Å²) in [6.07, 6.45) is 1.50. The van der Waals surface area contributed by atoms with Gasteiger partial charge in [-0.05, 0) is 31.9 Å². The Morgan fingerprint density at radius 3 is 2.63 bits per heavy atom. The van der Waals surface area contributed by atoms with E-state index in [1.54, 1.807) is 18.3 Å². The molecule has 5 nitrogen and oxygen atoms in total. The van der Waals surface area contributed by atoms with Gasteiger partial charge in [0.25, 0.3) is 0 Å². The van der Waals surface area contributed by atoms with Gasteiger partial charge in [-0.25, -0.2) is 4.79 Å². The van der Waals surface area contributed by atoms with Gasteiger partial charge < -0.3 is 15.7 Å². The number of hydrogen-bond donors (Lipinski definition) is 3. The van der Waals surface area contributed by atoms with Crippen molar-refractivity contribution in [2.24, 2.45) is 0 Å². The van der Waals surface area contributed by atoms with Gasteiger partial charge in [0, 0.05) is 22.2 Å². The van der Waals surface area contributed by atoms with E-state index >= 15 is 0 Å². The van der Waals surface area contributed by atoms with E-state index in [0.29, 0.717) is 13.0 Å². The molecule has 0 aliphatic rings. The molecule has 0 fully saturated rings. The second kappa shape index (κ2) is 7.78. The fourth-order valence-electron chi connectivity index (χ4n) is 1.56. The molecule has 0 bridgehead atoms. The first-order valence-electron chi connectivity index (χ1n) is 6.35. The Labute approximate surface area is 117 Å². The zero-order chi connectivity index (χ0) is 14.3. The summed E-state index contributed by atoms with van der Waals surface area (Å²) in [5.41, 5.74) is 0. The number of hydrogen-bond acceptors (Lipinski definition) is 3. The van der Waals surface area contributed by atoms with Crippen molar-refractivity contribution in [2.75, 3.05) is 0 Å². The van der Waals surface area contributed by atoms with Gasteiger partial charge in [0.2, 0.25) is 0 Å². The number of carboxylic acid groups (broad SMARTS) is 1. The van der Waals surface area contributed by atoms with Crippen LogP contribution in [0, 0.1) is 0 Å². The molecule has 19 heavy (non-hydrogen) atoms. The minimum Gasteiger partial charge on any atom is -0.481 e. The number of aliphatic carboxylic acids is 1. The van der Waals surface area contributed by atoms with E-state index in [4.69, 9.17) is 5.11 Å². The number of nitrogens with one attached hydrogen (secondary N) is 2. The Bertz CT molecular complexity index is 431. The van der Waals surface area contributed by atoms with Gasteiger partial charge >= 0.3 is 12.0 Å². The van der Waals surface area contributed by atoms with Gasteiger partial charge in [-0.2, -0.15) is 0 Å². The second-order valence-corrected chi connectivity index (χ2v) is 5.63. The Balaban J connectivity index is 2.25. The molecule has 2 amide bonds. The Kier molecular flexibility index (Phi) is 6.35. The number of aryl methyl sites for hydroxylation is 1. The summed E-state index contributed by atoms with van der Waals surface area (Å²) >= 11 is 1.69. The van der Waals surface area contributed by atoms with Crippen LogP contribution in [-0.2, 0) is 17.8 Å². The number of carbonyl (C=O) groups excluding carboxylic acids is 1. The molecule has 0 spiro atoms. The third-order valence-electron chi connectivity index (χ3n) is 2.66. The molecule has 1 heterocycles. The molecule has 106 valence electrons. The molecule has 0 saturated heterocycles. The third kappa shape index (κ3) is 6.24. The van der Waals surface area contributed by atoms with E-state index in [2.05, 4.69) is 23.6 Å². The van der Waals surface area contributed by atoms with Gasteiger partial charge in [-0.15, -0.1) is 11.3 Å². The Morgan fingerprint density at radius 2 is 2.05 bits per heavy atom. The summed E-state index contributed by atoms with van der Waals surface area (Å²) in [6.45, 7) is 4.39. The van der Waals surface area contributed by atoms with Crippen molar-refractivity contribution >= 4 is 23.3 Å². The van der Waals surface area contributed by atoms with Crippen LogP contribution in [0.5, 0.6) is 0 Å². The molecule has 1 aromatic rings. The van der Waals surface area contributed by atoms with E-state index < -0.39 is 5.97 Å². The first kappa shape index (κ1) is 15.5. The van der Waals surface area contributed by atoms with Crippen LogP contribution in [-0.4, -0.2) is 23.1 Å². The molecule has 1 unspecified atom stereocenters. The lowest BCUT2D eigenvalue weighted by Gasteiger charge is -2.13. The van der Waals surface area contributed by atoms with Crippen LogP contribution in [0.25, 0.3) is 0 Å². The van der Waals surface area contributed by atoms with Crippen LogP contribution in [0.1, 0.15) is 36.4 Å². The maximum Gasteiger partial charge on any atom is 0.315 e. The number of carboxylic acids is 1. The third-order valence-corrected chi connectivity index (χ3v) is 3.89. The van der Waals surface area contributed by atoms with E-state index in [9.17, 15) is 9.59 Å². The lowest BCUT2D eigenvalue weighted by molar-refractivity contribution is -0.137. The van der Waals surface area contributed by atoms with Crippen LogP contribution in [0.15, 0.2) is 12.1 Å². The summed E-state index contributed by atoms with van der Waals surface area (Å²) in [7, 11) is 0. The maximum absolute atomic E-state index is 11.6. The van der Waals surface area contributed by atoms with Crippen molar-refractivity contribution in [3.63, 3.8) is 0 Å². The van der Waals surface area contributed by atoms with Crippen molar-refractivity contribution in [1.82, 2.24) is 10.6 Å². The quantitative estimate of drug-likeness (QED) is 0.719. The molecule has 1 rings (SSSR count). The average Bonchev–Trinajstić information content (AvgIpc) is 2.82. The van der Waals surface area contributed by atoms with Crippen LogP contribution >= 0.6 is 11.3 Å². The highest BCUT2D eigenvalue weighted by Gasteiger charge is 2.09. The molecular weight excluding hydrogens is 264 g/mol. The topological polar surface area (TPSA) is 78.4 Å². The molecule has 0 aliphatic heterocycles. The number of rotatable bonds is 7. The second-order valence-electron chi connectivity index (χ2n) is 4.38. The van der Waals surface area contributed by atoms with Gasteiger partial charge in [-0.1, -0.05) is 6.92 Å². The molecule has 0 aliphatic carbocycles. The number of carbonyl (C=O) groups is 2. The van der Waals surface area contributed by atoms with Crippen LogP contribution in [0.3, 0.4) is 0 Å².